The van der Waals surface area contributed by atoms with Crippen molar-refractivity contribution >= 4 is 35.7 Å². The monoisotopic (exact) mass is 377 g/mol. The van der Waals surface area contributed by atoms with Crippen LogP contribution in [0.1, 0.15) is 18.5 Å². The first-order valence-electron chi connectivity index (χ1n) is 8.68. The average molecular weight is 377 g/mol. The summed E-state index contributed by atoms with van der Waals surface area (Å²) in [6, 6.07) is 1.62. The molecule has 2 aliphatic heterocycles. The van der Waals surface area contributed by atoms with Gasteiger partial charge in [-0.2, -0.15) is 9.69 Å². The predicted octanol–water partition coefficient (Wildman–Crippen LogP) is 1.06. The first kappa shape index (κ1) is 18.8. The maximum Gasteiger partial charge on any atom is 0.500 e. The maximum absolute atomic E-state index is 12.4. The van der Waals surface area contributed by atoms with Crippen molar-refractivity contribution in [3.63, 3.8) is 0 Å². The molecule has 0 aromatic carbocycles. The number of aryl methyl sites for hydroxylation is 1. The number of thioether (sulfide) groups is 1. The minimum absolute atomic E-state index is 0.157. The lowest BCUT2D eigenvalue weighted by Crippen LogP contribution is -2.58. The van der Waals surface area contributed by atoms with E-state index in [0.717, 1.165) is 42.6 Å². The SMILES string of the molecule is CSc1nc(C)cc(NC2CCN(C3C=[N+](C)C(=O)N(C)C3=O)CC2)n1. The number of hydrogen-bond acceptors (Lipinski definition) is 7. The molecule has 0 bridgehead atoms. The molecule has 3 rings (SSSR count). The Kier molecular flexibility index (Phi) is 5.57. The zero-order valence-electron chi connectivity index (χ0n) is 15.6. The van der Waals surface area contributed by atoms with E-state index in [9.17, 15) is 9.59 Å². The van der Waals surface area contributed by atoms with Gasteiger partial charge in [-0.05, 0) is 26.0 Å². The molecular weight excluding hydrogens is 352 g/mol. The summed E-state index contributed by atoms with van der Waals surface area (Å²) in [7, 11) is 3.23. The Balaban J connectivity index is 1.62. The third kappa shape index (κ3) is 3.88. The first-order valence-corrected chi connectivity index (χ1v) is 9.91. The molecule has 1 N–H and O–H groups in total. The van der Waals surface area contributed by atoms with Crippen LogP contribution in [0.3, 0.4) is 0 Å². The number of likely N-dealkylation sites (N-methyl/N-ethyl adjacent to an activating group) is 1. The van der Waals surface area contributed by atoms with Crippen LogP contribution in [0, 0.1) is 6.92 Å². The van der Waals surface area contributed by atoms with Crippen LogP contribution in [-0.2, 0) is 4.79 Å². The number of likely N-dealkylation sites (tertiary alicyclic amines) is 1. The summed E-state index contributed by atoms with van der Waals surface area (Å²) < 4.78 is 1.49. The van der Waals surface area contributed by atoms with Gasteiger partial charge in [0.1, 0.15) is 12.0 Å². The molecular formula is C17H25N6O2S+. The average Bonchev–Trinajstić information content (AvgIpc) is 2.63. The van der Waals surface area contributed by atoms with Crippen LogP contribution in [-0.4, -0.2) is 88.0 Å². The molecule has 1 atom stereocenters. The molecule has 8 nitrogen and oxygen atoms in total. The van der Waals surface area contributed by atoms with E-state index in [1.54, 1.807) is 13.3 Å². The Morgan fingerprint density at radius 1 is 1.27 bits per heavy atom. The molecule has 1 aromatic heterocycles. The zero-order valence-corrected chi connectivity index (χ0v) is 16.4. The van der Waals surface area contributed by atoms with Gasteiger partial charge in [0.2, 0.25) is 0 Å². The Morgan fingerprint density at radius 3 is 2.62 bits per heavy atom. The van der Waals surface area contributed by atoms with Gasteiger partial charge in [-0.25, -0.2) is 19.3 Å². The molecule has 9 heteroatoms. The highest BCUT2D eigenvalue weighted by atomic mass is 32.2. The molecule has 2 aliphatic rings. The van der Waals surface area contributed by atoms with Gasteiger partial charge < -0.3 is 5.32 Å². The number of nitrogens with one attached hydrogen (secondary N) is 1. The molecule has 1 unspecified atom stereocenters. The summed E-state index contributed by atoms with van der Waals surface area (Å²) in [6.45, 7) is 3.55. The van der Waals surface area contributed by atoms with Gasteiger partial charge in [0, 0.05) is 30.9 Å². The standard InChI is InChI=1S/C17H25N6O2S/c1-11-9-14(20-16(18-11)26-4)19-12-5-7-23(8-6-12)13-10-21(2)17(25)22(3)15(13)24/h9-10,12-13H,5-8H2,1-4H3,(H,18,19,20)/q+1. The van der Waals surface area contributed by atoms with Gasteiger partial charge >= 0.3 is 11.9 Å². The Bertz CT molecular complexity index is 745. The summed E-state index contributed by atoms with van der Waals surface area (Å²) in [5.74, 6) is 0.696. The van der Waals surface area contributed by atoms with Crippen LogP contribution in [0.5, 0.6) is 0 Å². The van der Waals surface area contributed by atoms with Crippen LogP contribution < -0.4 is 5.32 Å². The smallest absolute Gasteiger partial charge is 0.367 e. The number of hydrogen-bond donors (Lipinski definition) is 1. The van der Waals surface area contributed by atoms with Crippen molar-refractivity contribution < 1.29 is 14.2 Å². The lowest BCUT2D eigenvalue weighted by Gasteiger charge is -2.36. The number of aromatic nitrogens is 2. The van der Waals surface area contributed by atoms with Crippen molar-refractivity contribution in [1.29, 1.82) is 0 Å². The van der Waals surface area contributed by atoms with Crippen LogP contribution in [0.2, 0.25) is 0 Å². The molecule has 3 heterocycles. The number of carbonyl (C=O) groups is 2. The van der Waals surface area contributed by atoms with Crippen LogP contribution in [0.4, 0.5) is 10.6 Å². The van der Waals surface area contributed by atoms with E-state index in [0.29, 0.717) is 6.04 Å². The predicted molar refractivity (Wildman–Crippen MR) is 101 cm³/mol. The normalized spacial score (nSPS) is 22.5. The van der Waals surface area contributed by atoms with Gasteiger partial charge in [0.25, 0.3) is 0 Å². The van der Waals surface area contributed by atoms with E-state index in [-0.39, 0.29) is 18.0 Å². The topological polar surface area (TPSA) is 81.4 Å². The second-order valence-corrected chi connectivity index (χ2v) is 7.49. The third-order valence-corrected chi connectivity index (χ3v) is 5.38. The lowest BCUT2D eigenvalue weighted by atomic mass is 10.0. The van der Waals surface area contributed by atoms with E-state index < -0.39 is 0 Å². The number of carbonyl (C=O) groups excluding carboxylic acids is 2. The van der Waals surface area contributed by atoms with Crippen molar-refractivity contribution in [2.45, 2.75) is 37.0 Å². The van der Waals surface area contributed by atoms with Crippen LogP contribution >= 0.6 is 11.8 Å². The van der Waals surface area contributed by atoms with Gasteiger partial charge in [-0.1, -0.05) is 11.8 Å². The van der Waals surface area contributed by atoms with Gasteiger partial charge in [0.15, 0.2) is 11.2 Å². The van der Waals surface area contributed by atoms with Crippen LogP contribution in [0.15, 0.2) is 11.2 Å². The second-order valence-electron chi connectivity index (χ2n) is 6.72. The van der Waals surface area contributed by atoms with Crippen molar-refractivity contribution in [2.24, 2.45) is 0 Å². The molecule has 1 fully saturated rings. The Labute approximate surface area is 157 Å². The molecule has 1 saturated heterocycles. The van der Waals surface area contributed by atoms with E-state index in [1.165, 1.54) is 28.3 Å². The summed E-state index contributed by atoms with van der Waals surface area (Å²) in [5, 5.41) is 4.26. The van der Waals surface area contributed by atoms with Crippen molar-refractivity contribution in [2.75, 3.05) is 38.8 Å². The third-order valence-electron chi connectivity index (χ3n) is 4.83. The fourth-order valence-electron chi connectivity index (χ4n) is 3.36. The minimum atomic E-state index is -0.368. The van der Waals surface area contributed by atoms with Gasteiger partial charge in [-0.3, -0.25) is 4.90 Å². The highest BCUT2D eigenvalue weighted by molar-refractivity contribution is 7.98. The number of nitrogens with zero attached hydrogens (tertiary/aromatic N) is 5. The van der Waals surface area contributed by atoms with E-state index in [4.69, 9.17) is 0 Å². The fraction of sp³-hybridized carbons (Fsp3) is 0.588. The number of anilines is 1. The quantitative estimate of drug-likeness (QED) is 0.477. The lowest BCUT2D eigenvalue weighted by molar-refractivity contribution is -0.401. The van der Waals surface area contributed by atoms with Gasteiger partial charge in [-0.15, -0.1) is 0 Å². The molecule has 0 aliphatic carbocycles. The Morgan fingerprint density at radius 2 is 1.96 bits per heavy atom. The summed E-state index contributed by atoms with van der Waals surface area (Å²) in [6.07, 6.45) is 5.51. The molecule has 3 amide bonds. The summed E-state index contributed by atoms with van der Waals surface area (Å²) in [4.78, 5) is 36.5. The molecule has 140 valence electrons. The fourth-order valence-corrected chi connectivity index (χ4v) is 3.78. The largest absolute Gasteiger partial charge is 0.500 e. The molecule has 26 heavy (non-hydrogen) atoms. The summed E-state index contributed by atoms with van der Waals surface area (Å²) in [5.41, 5.74) is 0.947. The van der Waals surface area contributed by atoms with E-state index >= 15 is 0 Å². The number of imide groups is 1. The number of amides is 3. The number of urea groups is 1. The summed E-state index contributed by atoms with van der Waals surface area (Å²) >= 11 is 1.53. The van der Waals surface area contributed by atoms with Gasteiger partial charge in [0.05, 0.1) is 14.1 Å². The van der Waals surface area contributed by atoms with E-state index in [1.807, 2.05) is 19.2 Å². The second kappa shape index (κ2) is 7.71. The van der Waals surface area contributed by atoms with Crippen molar-refractivity contribution in [1.82, 2.24) is 19.8 Å². The number of rotatable bonds is 4. The molecule has 0 saturated carbocycles. The zero-order chi connectivity index (χ0) is 18.8. The van der Waals surface area contributed by atoms with Crippen molar-refractivity contribution in [3.05, 3.63) is 11.8 Å². The van der Waals surface area contributed by atoms with E-state index in [2.05, 4.69) is 20.2 Å². The number of piperidine rings is 1. The highest BCUT2D eigenvalue weighted by Gasteiger charge is 2.42. The highest BCUT2D eigenvalue weighted by Crippen LogP contribution is 2.20. The van der Waals surface area contributed by atoms with Crippen LogP contribution in [0.25, 0.3) is 0 Å². The minimum Gasteiger partial charge on any atom is -0.367 e. The van der Waals surface area contributed by atoms with Crippen molar-refractivity contribution in [3.8, 4) is 0 Å². The molecule has 0 spiro atoms. The Hall–Kier alpha value is -2.00. The molecule has 1 aromatic rings. The molecule has 0 radical (unpaired) electrons. The first-order chi connectivity index (χ1) is 12.4. The maximum atomic E-state index is 12.4.